The van der Waals surface area contributed by atoms with E-state index in [1.165, 1.54) is 5.56 Å². The lowest BCUT2D eigenvalue weighted by Gasteiger charge is -2.25. The first-order valence-corrected chi connectivity index (χ1v) is 7.52. The van der Waals surface area contributed by atoms with Gasteiger partial charge in [0.2, 0.25) is 0 Å². The van der Waals surface area contributed by atoms with Crippen molar-refractivity contribution >= 4 is 15.9 Å². The summed E-state index contributed by atoms with van der Waals surface area (Å²) in [5, 5.41) is 0. The molecule has 0 fully saturated rings. The van der Waals surface area contributed by atoms with Gasteiger partial charge < -0.3 is 10.5 Å². The third-order valence-corrected chi connectivity index (χ3v) is 3.86. The van der Waals surface area contributed by atoms with Crippen LogP contribution in [-0.2, 0) is 0 Å². The summed E-state index contributed by atoms with van der Waals surface area (Å²) in [6.07, 6.45) is -0.143. The SMILES string of the molecule is Cc1cc(Br)ccc1OC(c1ccccc1C)C(C)N. The lowest BCUT2D eigenvalue weighted by atomic mass is 9.99. The van der Waals surface area contributed by atoms with Crippen LogP contribution in [0.25, 0.3) is 0 Å². The minimum absolute atomic E-state index is 0.0841. The Kier molecular flexibility index (Phi) is 4.84. The van der Waals surface area contributed by atoms with Crippen molar-refractivity contribution in [1.82, 2.24) is 0 Å². The first-order chi connectivity index (χ1) is 9.49. The Morgan fingerprint density at radius 3 is 2.35 bits per heavy atom. The third-order valence-electron chi connectivity index (χ3n) is 3.36. The summed E-state index contributed by atoms with van der Waals surface area (Å²) in [6, 6.07) is 14.1. The molecule has 106 valence electrons. The number of benzene rings is 2. The second kappa shape index (κ2) is 6.42. The first kappa shape index (κ1) is 15.1. The molecule has 0 aromatic heterocycles. The van der Waals surface area contributed by atoms with Gasteiger partial charge in [0, 0.05) is 10.5 Å². The average molecular weight is 334 g/mol. The molecule has 0 radical (unpaired) electrons. The standard InChI is InChI=1S/C17H20BrNO/c1-11-6-4-5-7-15(11)17(13(3)19)20-16-9-8-14(18)10-12(16)2/h4-10,13,17H,19H2,1-3H3. The van der Waals surface area contributed by atoms with E-state index in [4.69, 9.17) is 10.5 Å². The molecule has 2 atom stereocenters. The molecule has 2 aromatic rings. The van der Waals surface area contributed by atoms with Crippen LogP contribution >= 0.6 is 15.9 Å². The fourth-order valence-electron chi connectivity index (χ4n) is 2.24. The highest BCUT2D eigenvalue weighted by atomic mass is 79.9. The van der Waals surface area contributed by atoms with Crippen molar-refractivity contribution in [3.63, 3.8) is 0 Å². The second-order valence-corrected chi connectivity index (χ2v) is 6.08. The molecule has 3 heteroatoms. The maximum Gasteiger partial charge on any atom is 0.139 e. The smallest absolute Gasteiger partial charge is 0.139 e. The molecule has 0 heterocycles. The maximum atomic E-state index is 6.18. The van der Waals surface area contributed by atoms with E-state index in [0.29, 0.717) is 0 Å². The molecule has 0 spiro atoms. The Labute approximate surface area is 129 Å². The topological polar surface area (TPSA) is 35.2 Å². The minimum atomic E-state index is -0.143. The summed E-state index contributed by atoms with van der Waals surface area (Å²) >= 11 is 3.47. The zero-order valence-electron chi connectivity index (χ0n) is 12.1. The highest BCUT2D eigenvalue weighted by Gasteiger charge is 2.20. The molecular formula is C17H20BrNO. The number of rotatable bonds is 4. The predicted octanol–water partition coefficient (Wildman–Crippen LogP) is 4.53. The molecule has 0 aliphatic heterocycles. The van der Waals surface area contributed by atoms with Gasteiger partial charge in [-0.1, -0.05) is 40.2 Å². The molecule has 2 nitrogen and oxygen atoms in total. The number of halogens is 1. The molecule has 20 heavy (non-hydrogen) atoms. The van der Waals surface area contributed by atoms with E-state index in [1.807, 2.05) is 44.2 Å². The van der Waals surface area contributed by atoms with Crippen molar-refractivity contribution in [3.05, 3.63) is 63.6 Å². The second-order valence-electron chi connectivity index (χ2n) is 5.16. The third kappa shape index (κ3) is 3.41. The van der Waals surface area contributed by atoms with E-state index in [2.05, 4.69) is 35.0 Å². The van der Waals surface area contributed by atoms with Gasteiger partial charge in [-0.15, -0.1) is 0 Å². The lowest BCUT2D eigenvalue weighted by Crippen LogP contribution is -2.29. The normalized spacial score (nSPS) is 13.8. The van der Waals surface area contributed by atoms with E-state index in [0.717, 1.165) is 21.3 Å². The number of hydrogen-bond donors (Lipinski definition) is 1. The van der Waals surface area contributed by atoms with Gasteiger partial charge in [0.1, 0.15) is 11.9 Å². The van der Waals surface area contributed by atoms with Crippen LogP contribution < -0.4 is 10.5 Å². The average Bonchev–Trinajstić information content (AvgIpc) is 2.39. The Morgan fingerprint density at radius 2 is 1.75 bits per heavy atom. The Morgan fingerprint density at radius 1 is 1.05 bits per heavy atom. The van der Waals surface area contributed by atoms with Crippen LogP contribution in [0, 0.1) is 13.8 Å². The highest BCUT2D eigenvalue weighted by molar-refractivity contribution is 9.10. The van der Waals surface area contributed by atoms with Crippen LogP contribution in [0.15, 0.2) is 46.9 Å². The van der Waals surface area contributed by atoms with Crippen LogP contribution in [0.4, 0.5) is 0 Å². The summed E-state index contributed by atoms with van der Waals surface area (Å²) in [4.78, 5) is 0. The zero-order valence-corrected chi connectivity index (χ0v) is 13.6. The molecular weight excluding hydrogens is 314 g/mol. The molecule has 0 saturated carbocycles. The fraction of sp³-hybridized carbons (Fsp3) is 0.294. The van der Waals surface area contributed by atoms with Gasteiger partial charge in [0.15, 0.2) is 0 Å². The minimum Gasteiger partial charge on any atom is -0.484 e. The monoisotopic (exact) mass is 333 g/mol. The van der Waals surface area contributed by atoms with Gasteiger partial charge in [-0.3, -0.25) is 0 Å². The van der Waals surface area contributed by atoms with E-state index >= 15 is 0 Å². The van der Waals surface area contributed by atoms with Crippen molar-refractivity contribution in [2.24, 2.45) is 5.73 Å². The van der Waals surface area contributed by atoms with E-state index in [1.54, 1.807) is 0 Å². The molecule has 0 bridgehead atoms. The van der Waals surface area contributed by atoms with Crippen molar-refractivity contribution in [3.8, 4) is 5.75 Å². The van der Waals surface area contributed by atoms with Crippen LogP contribution in [0.5, 0.6) is 5.75 Å². The quantitative estimate of drug-likeness (QED) is 0.891. The Hall–Kier alpha value is -1.32. The van der Waals surface area contributed by atoms with Gasteiger partial charge in [0.25, 0.3) is 0 Å². The van der Waals surface area contributed by atoms with Crippen molar-refractivity contribution < 1.29 is 4.74 Å². The molecule has 2 unspecified atom stereocenters. The number of ether oxygens (including phenoxy) is 1. The summed E-state index contributed by atoms with van der Waals surface area (Å²) in [5.41, 5.74) is 9.57. The summed E-state index contributed by atoms with van der Waals surface area (Å²) < 4.78 is 7.23. The fourth-order valence-corrected chi connectivity index (χ4v) is 2.72. The van der Waals surface area contributed by atoms with Crippen LogP contribution in [-0.4, -0.2) is 6.04 Å². The Bertz CT molecular complexity index is 595. The molecule has 2 N–H and O–H groups in total. The summed E-state index contributed by atoms with van der Waals surface area (Å²) in [5.74, 6) is 0.874. The summed E-state index contributed by atoms with van der Waals surface area (Å²) in [7, 11) is 0. The first-order valence-electron chi connectivity index (χ1n) is 6.73. The van der Waals surface area contributed by atoms with Gasteiger partial charge in [-0.25, -0.2) is 0 Å². The maximum absolute atomic E-state index is 6.18. The van der Waals surface area contributed by atoms with Crippen molar-refractivity contribution in [2.75, 3.05) is 0 Å². The lowest BCUT2D eigenvalue weighted by molar-refractivity contribution is 0.178. The molecule has 0 saturated heterocycles. The van der Waals surface area contributed by atoms with E-state index in [-0.39, 0.29) is 12.1 Å². The van der Waals surface area contributed by atoms with Crippen molar-refractivity contribution in [1.29, 1.82) is 0 Å². The number of aryl methyl sites for hydroxylation is 2. The zero-order chi connectivity index (χ0) is 14.7. The van der Waals surface area contributed by atoms with Gasteiger partial charge in [-0.05, 0) is 55.7 Å². The van der Waals surface area contributed by atoms with Gasteiger partial charge in [0.05, 0.1) is 0 Å². The summed E-state index contributed by atoms with van der Waals surface area (Å²) in [6.45, 7) is 6.10. The number of nitrogens with two attached hydrogens (primary N) is 1. The van der Waals surface area contributed by atoms with Crippen LogP contribution in [0.3, 0.4) is 0 Å². The Balaban J connectivity index is 2.33. The van der Waals surface area contributed by atoms with Crippen molar-refractivity contribution in [2.45, 2.75) is 32.9 Å². The highest BCUT2D eigenvalue weighted by Crippen LogP contribution is 2.30. The van der Waals surface area contributed by atoms with Crippen LogP contribution in [0.1, 0.15) is 29.7 Å². The van der Waals surface area contributed by atoms with E-state index < -0.39 is 0 Å². The predicted molar refractivity (Wildman–Crippen MR) is 87.1 cm³/mol. The molecule has 2 aromatic carbocycles. The largest absolute Gasteiger partial charge is 0.484 e. The van der Waals surface area contributed by atoms with Crippen LogP contribution in [0.2, 0.25) is 0 Å². The molecule has 0 aliphatic rings. The molecule has 0 aliphatic carbocycles. The van der Waals surface area contributed by atoms with Gasteiger partial charge in [-0.2, -0.15) is 0 Å². The molecule has 2 rings (SSSR count). The number of hydrogen-bond acceptors (Lipinski definition) is 2. The molecule has 0 amide bonds. The van der Waals surface area contributed by atoms with Gasteiger partial charge >= 0.3 is 0 Å². The van der Waals surface area contributed by atoms with E-state index in [9.17, 15) is 0 Å².